The number of pyridine rings is 1. The zero-order valence-electron chi connectivity index (χ0n) is 52.1. The summed E-state index contributed by atoms with van der Waals surface area (Å²) in [6, 6.07) is 88.8. The van der Waals surface area contributed by atoms with E-state index in [0.29, 0.717) is 34.1 Å². The molecule has 7 heteroatoms. The fraction of sp³-hybridized carbons (Fsp3) is 0.0769. The Bertz CT molecular complexity index is 4970. The van der Waals surface area contributed by atoms with Crippen molar-refractivity contribution in [1.29, 1.82) is 0 Å². The summed E-state index contributed by atoms with van der Waals surface area (Å²) in [6.07, 6.45) is 1.63. The Labute approximate surface area is 514 Å². The molecule has 2 aliphatic rings. The molecule has 85 heavy (non-hydrogen) atoms. The molecular weight excluding hydrogens is 1220 g/mol. The molecule has 11 aromatic carbocycles. The van der Waals surface area contributed by atoms with Gasteiger partial charge in [-0.3, -0.25) is 0 Å². The van der Waals surface area contributed by atoms with Gasteiger partial charge in [-0.2, -0.15) is 0 Å². The monoisotopic (exact) mass is 1280 g/mol. The summed E-state index contributed by atoms with van der Waals surface area (Å²) in [6.45, 7) is 8.63. The Hall–Kier alpha value is -9.87. The van der Waals surface area contributed by atoms with E-state index in [1.165, 1.54) is 0 Å². The van der Waals surface area contributed by atoms with Crippen molar-refractivity contribution < 1.29 is 30.9 Å². The Balaban J connectivity index is 0.939. The Kier molecular flexibility index (Phi) is 11.4. The second kappa shape index (κ2) is 20.8. The Morgan fingerprint density at radius 2 is 1.07 bits per heavy atom. The molecule has 2 aromatic heterocycles. The van der Waals surface area contributed by atoms with Gasteiger partial charge in [0.2, 0.25) is 0 Å². The molecule has 0 saturated carbocycles. The second-order valence-corrected chi connectivity index (χ2v) is 23.6. The molecule has 0 aliphatic carbocycles. The van der Waals surface area contributed by atoms with Crippen molar-refractivity contribution in [3.63, 3.8) is 0 Å². The van der Waals surface area contributed by atoms with Crippen LogP contribution in [0, 0.1) is 22.9 Å². The van der Waals surface area contributed by atoms with E-state index >= 15 is 0 Å². The van der Waals surface area contributed by atoms with Gasteiger partial charge < -0.3 is 4.90 Å². The van der Waals surface area contributed by atoms with Gasteiger partial charge in [-0.05, 0) is 53.3 Å². The van der Waals surface area contributed by atoms with Gasteiger partial charge in [-0.25, -0.2) is 0 Å². The van der Waals surface area contributed by atoms with Crippen LogP contribution < -0.4 is 14.5 Å². The van der Waals surface area contributed by atoms with E-state index in [1.807, 2.05) is 37.3 Å². The minimum atomic E-state index is -0.939. The van der Waals surface area contributed by atoms with Crippen molar-refractivity contribution in [2.24, 2.45) is 0 Å². The van der Waals surface area contributed by atoms with Crippen molar-refractivity contribution in [2.45, 2.75) is 38.5 Å². The Morgan fingerprint density at radius 1 is 0.494 bits per heavy atom. The first kappa shape index (κ1) is 46.6. The molecule has 0 fully saturated rings. The van der Waals surface area contributed by atoms with E-state index in [-0.39, 0.29) is 23.1 Å². The number of aromatic nitrogens is 3. The van der Waals surface area contributed by atoms with Crippen molar-refractivity contribution >= 4 is 45.3 Å². The fourth-order valence-electron chi connectivity index (χ4n) is 12.8. The van der Waals surface area contributed by atoms with E-state index < -0.39 is 23.5 Å². The van der Waals surface area contributed by atoms with Crippen molar-refractivity contribution in [2.75, 3.05) is 9.80 Å². The summed E-state index contributed by atoms with van der Waals surface area (Å²) in [5.74, 6) is 1.47. The summed E-state index contributed by atoms with van der Waals surface area (Å²) in [7, 11) is 0. The van der Waals surface area contributed by atoms with Crippen molar-refractivity contribution in [3.05, 3.63) is 322 Å². The molecule has 1 spiro atoms. The van der Waals surface area contributed by atoms with Gasteiger partial charge in [0.15, 0.2) is 0 Å². The maximum absolute atomic E-state index is 8.98. The number of hydrogen-bond acceptors (Lipinski definition) is 4. The third kappa shape index (κ3) is 8.57. The predicted octanol–water partition coefficient (Wildman–Crippen LogP) is 19.8. The van der Waals surface area contributed by atoms with Crippen LogP contribution in [-0.4, -0.2) is 14.1 Å². The van der Waals surface area contributed by atoms with E-state index in [1.54, 1.807) is 6.20 Å². The van der Waals surface area contributed by atoms with Crippen LogP contribution in [0.4, 0.5) is 34.3 Å². The van der Waals surface area contributed by atoms with Gasteiger partial charge in [-0.15, -0.1) is 0 Å². The summed E-state index contributed by atoms with van der Waals surface area (Å²) in [5.41, 5.74) is 18.3. The first-order valence-electron chi connectivity index (χ1n) is 30.9. The van der Waals surface area contributed by atoms with Gasteiger partial charge in [0.25, 0.3) is 0 Å². The molecule has 0 unspecified atom stereocenters. The van der Waals surface area contributed by atoms with Gasteiger partial charge >= 0.3 is 306 Å². The maximum atomic E-state index is 8.98. The zero-order valence-corrected chi connectivity index (χ0v) is 49.3. The topological polar surface area (TPSA) is 38.5 Å². The number of anilines is 6. The van der Waals surface area contributed by atoms with Gasteiger partial charge in [0, 0.05) is 28.8 Å². The third-order valence-electron chi connectivity index (χ3n) is 16.6. The number of ether oxygens (including phenoxy) is 1. The second-order valence-electron chi connectivity index (χ2n) is 22.6. The van der Waals surface area contributed by atoms with Crippen LogP contribution >= 0.6 is 0 Å². The molecule has 0 amide bonds. The molecule has 0 saturated heterocycles. The number of nitrogens with zero attached hydrogens (tertiary/aromatic N) is 5. The van der Waals surface area contributed by atoms with E-state index in [2.05, 4.69) is 277 Å². The summed E-state index contributed by atoms with van der Waals surface area (Å²) < 4.78 is 56.1. The predicted molar refractivity (Wildman–Crippen MR) is 342 cm³/mol. The van der Waals surface area contributed by atoms with Crippen LogP contribution in [0.2, 0.25) is 0 Å². The molecule has 0 radical (unpaired) electrons. The number of para-hydroxylation sites is 6. The molecule has 0 bridgehead atoms. The number of hydrogen-bond donors (Lipinski definition) is 0. The van der Waals surface area contributed by atoms with Crippen LogP contribution in [0.15, 0.2) is 273 Å². The van der Waals surface area contributed by atoms with Crippen LogP contribution in [0.5, 0.6) is 11.5 Å². The number of rotatable bonds is 9. The van der Waals surface area contributed by atoms with Crippen molar-refractivity contribution in [1.82, 2.24) is 14.1 Å². The summed E-state index contributed by atoms with van der Waals surface area (Å²) >= 11 is 2.46. The SMILES string of the molecule is [2H]c1c([2H])c([2H])c(-c2cnc(N3c4[c-]c(Oc5[c-]c(-n6[c](=[Pt])n(-c7c(-c8ccccc8)cccc7-c7ccccc7)c7ccccc76)ccc5)ccc4C4(c5cc(C(C)(C)C)ccc53)c3ccccc3N(c3ccccc3)c3ccccc34)cc2C)c([2H])c1[2H]. The summed E-state index contributed by atoms with van der Waals surface area (Å²) in [5, 5.41) is 0. The van der Waals surface area contributed by atoms with Gasteiger partial charge in [-0.1, -0.05) is 118 Å². The molecule has 412 valence electrons. The summed E-state index contributed by atoms with van der Waals surface area (Å²) in [4.78, 5) is 9.73. The minimum absolute atomic E-state index is 0.0938. The minimum Gasteiger partial charge on any atom is -0.310 e. The molecule has 0 N–H and O–H groups in total. The van der Waals surface area contributed by atoms with E-state index in [0.717, 1.165) is 99.0 Å². The number of imidazole rings is 1. The van der Waals surface area contributed by atoms with Crippen LogP contribution in [0.25, 0.3) is 55.8 Å². The molecule has 13 aromatic rings. The first-order chi connectivity index (χ1) is 43.7. The molecule has 15 rings (SSSR count). The van der Waals surface area contributed by atoms with E-state index in [9.17, 15) is 0 Å². The average Bonchev–Trinajstić information content (AvgIpc) is 0.756. The third-order valence-corrected chi connectivity index (χ3v) is 17.6. The molecule has 0 atom stereocenters. The molecule has 4 heterocycles. The normalized spacial score (nSPS) is 13.9. The quantitative estimate of drug-likeness (QED) is 0.135. The smallest absolute Gasteiger partial charge is 0.310 e. The number of aryl methyl sites for hydroxylation is 1. The van der Waals surface area contributed by atoms with E-state index in [4.69, 9.17) is 16.6 Å². The zero-order chi connectivity index (χ0) is 61.7. The standard InChI is InChI=1S/C78H57N5O.Pt/c1-53-47-75(79-51-64(53)56-29-13-7-14-30-56)83-71-46-43-57(77(2,3)4)48-68(71)78(65-37-17-19-39-69(65)82(58-31-15-8-16-32-58)70-40-20-18-38-66(70)78)67-45-44-61(50-74(67)83)84-60-34-23-33-59(49-60)80-52-81(73-42-22-21-41-72(73)80)76-62(54-25-9-5-10-26-54)35-24-36-63(76)55-27-11-6-12-28-55;/h5-48,51H,1-4H3;/q-2;/i7D,13D,14D,29D,30D;. The fourth-order valence-corrected chi connectivity index (χ4v) is 13.9. The van der Waals surface area contributed by atoms with Crippen LogP contribution in [0.3, 0.4) is 0 Å². The number of benzene rings is 11. The van der Waals surface area contributed by atoms with Crippen LogP contribution in [-0.2, 0) is 30.2 Å². The number of fused-ring (bicyclic) bond motifs is 9. The molecule has 6 nitrogen and oxygen atoms in total. The molecular formula is C78H57N5OPt-2. The first-order valence-corrected chi connectivity index (χ1v) is 29.6. The van der Waals surface area contributed by atoms with Crippen molar-refractivity contribution in [3.8, 4) is 56.3 Å². The molecule has 2 aliphatic heterocycles. The Morgan fingerprint density at radius 3 is 1.72 bits per heavy atom. The van der Waals surface area contributed by atoms with Gasteiger partial charge in [0.05, 0.1) is 6.85 Å². The average molecular weight is 1280 g/mol. The van der Waals surface area contributed by atoms with Gasteiger partial charge in [0.1, 0.15) is 0 Å². The van der Waals surface area contributed by atoms with Crippen LogP contribution in [0.1, 0.15) is 61.0 Å².